The topological polar surface area (TPSA) is 70.2 Å². The molecule has 1 heterocycles. The molecule has 1 fully saturated rings. The molecular formula is C15H18F3N3O2. The van der Waals surface area contributed by atoms with Crippen molar-refractivity contribution in [3.8, 4) is 0 Å². The van der Waals surface area contributed by atoms with Crippen molar-refractivity contribution < 1.29 is 22.8 Å². The molecule has 126 valence electrons. The first-order valence-electron chi connectivity index (χ1n) is 7.32. The lowest BCUT2D eigenvalue weighted by molar-refractivity contribution is -0.137. The maximum Gasteiger partial charge on any atom is 0.417 e. The Morgan fingerprint density at radius 2 is 1.83 bits per heavy atom. The number of piperidine rings is 1. The van der Waals surface area contributed by atoms with Gasteiger partial charge in [-0.3, -0.25) is 9.59 Å². The Kier molecular flexibility index (Phi) is 5.59. The molecule has 2 rings (SSSR count). The molecule has 0 atom stereocenters. The van der Waals surface area contributed by atoms with Crippen LogP contribution in [0.15, 0.2) is 24.3 Å². The van der Waals surface area contributed by atoms with E-state index < -0.39 is 29.1 Å². The summed E-state index contributed by atoms with van der Waals surface area (Å²) >= 11 is 0. The first-order chi connectivity index (χ1) is 10.9. The standard InChI is InChI=1S/C15H18F3N3O2/c16-15(17,18)12-4-2-1-3-11(12)14(23)20-9-13(22)21-10-5-7-19-8-6-10/h1-4,10,19H,5-9H2,(H,20,23)(H,21,22). The summed E-state index contributed by atoms with van der Waals surface area (Å²) in [7, 11) is 0. The van der Waals surface area contributed by atoms with Crippen LogP contribution in [0.1, 0.15) is 28.8 Å². The molecule has 1 aromatic rings. The van der Waals surface area contributed by atoms with Gasteiger partial charge in [0.05, 0.1) is 17.7 Å². The average Bonchev–Trinajstić information content (AvgIpc) is 2.53. The van der Waals surface area contributed by atoms with Crippen LogP contribution in [0.3, 0.4) is 0 Å². The van der Waals surface area contributed by atoms with Gasteiger partial charge in [0.15, 0.2) is 0 Å². The Bertz CT molecular complexity index is 569. The van der Waals surface area contributed by atoms with Gasteiger partial charge in [-0.2, -0.15) is 13.2 Å². The second kappa shape index (κ2) is 7.45. The van der Waals surface area contributed by atoms with Crippen molar-refractivity contribution in [2.24, 2.45) is 0 Å². The zero-order chi connectivity index (χ0) is 16.9. The van der Waals surface area contributed by atoms with Crippen LogP contribution < -0.4 is 16.0 Å². The number of hydrogen-bond acceptors (Lipinski definition) is 3. The van der Waals surface area contributed by atoms with Crippen molar-refractivity contribution in [3.05, 3.63) is 35.4 Å². The largest absolute Gasteiger partial charge is 0.417 e. The number of carbonyl (C=O) groups excluding carboxylic acids is 2. The van der Waals surface area contributed by atoms with Crippen molar-refractivity contribution in [2.45, 2.75) is 25.1 Å². The van der Waals surface area contributed by atoms with E-state index in [1.807, 2.05) is 0 Å². The van der Waals surface area contributed by atoms with Gasteiger partial charge < -0.3 is 16.0 Å². The Labute approximate surface area is 131 Å². The summed E-state index contributed by atoms with van der Waals surface area (Å²) in [5.41, 5.74) is -1.51. The number of rotatable bonds is 4. The minimum Gasteiger partial charge on any atom is -0.352 e. The van der Waals surface area contributed by atoms with Crippen LogP contribution in [0.5, 0.6) is 0 Å². The molecule has 2 amide bonds. The Hall–Kier alpha value is -2.09. The van der Waals surface area contributed by atoms with E-state index in [9.17, 15) is 22.8 Å². The fourth-order valence-corrected chi connectivity index (χ4v) is 2.43. The molecule has 0 saturated carbocycles. The minimum atomic E-state index is -4.62. The Morgan fingerprint density at radius 3 is 2.48 bits per heavy atom. The number of alkyl halides is 3. The predicted molar refractivity (Wildman–Crippen MR) is 77.8 cm³/mol. The molecule has 8 heteroatoms. The van der Waals surface area contributed by atoms with Crippen LogP contribution >= 0.6 is 0 Å². The molecule has 1 aliphatic heterocycles. The maximum absolute atomic E-state index is 12.9. The highest BCUT2D eigenvalue weighted by molar-refractivity contribution is 5.97. The second-order valence-corrected chi connectivity index (χ2v) is 5.32. The van der Waals surface area contributed by atoms with Crippen LogP contribution in [-0.2, 0) is 11.0 Å². The monoisotopic (exact) mass is 329 g/mol. The molecular weight excluding hydrogens is 311 g/mol. The third-order valence-electron chi connectivity index (χ3n) is 3.59. The highest BCUT2D eigenvalue weighted by atomic mass is 19.4. The van der Waals surface area contributed by atoms with Gasteiger partial charge in [-0.05, 0) is 38.1 Å². The number of benzene rings is 1. The molecule has 0 aliphatic carbocycles. The summed E-state index contributed by atoms with van der Waals surface area (Å²) in [5.74, 6) is -1.33. The lowest BCUT2D eigenvalue weighted by atomic mass is 10.1. The highest BCUT2D eigenvalue weighted by Crippen LogP contribution is 2.31. The second-order valence-electron chi connectivity index (χ2n) is 5.32. The summed E-state index contributed by atoms with van der Waals surface area (Å²) in [6, 6.07) is 4.51. The third kappa shape index (κ3) is 4.95. The SMILES string of the molecule is O=C(CNC(=O)c1ccccc1C(F)(F)F)NC1CCNCC1. The van der Waals surface area contributed by atoms with Crippen molar-refractivity contribution in [1.82, 2.24) is 16.0 Å². The minimum absolute atomic E-state index is 0.0307. The van der Waals surface area contributed by atoms with E-state index in [1.165, 1.54) is 12.1 Å². The van der Waals surface area contributed by atoms with E-state index in [4.69, 9.17) is 0 Å². The molecule has 0 aromatic heterocycles. The van der Waals surface area contributed by atoms with Gasteiger partial charge in [-0.15, -0.1) is 0 Å². The van der Waals surface area contributed by atoms with Gasteiger partial charge >= 0.3 is 6.18 Å². The molecule has 1 aliphatic rings. The van der Waals surface area contributed by atoms with Crippen LogP contribution in [0, 0.1) is 0 Å². The van der Waals surface area contributed by atoms with Crippen molar-refractivity contribution >= 4 is 11.8 Å². The molecule has 23 heavy (non-hydrogen) atoms. The number of halogens is 3. The maximum atomic E-state index is 12.9. The zero-order valence-electron chi connectivity index (χ0n) is 12.4. The Balaban J connectivity index is 1.91. The first kappa shape index (κ1) is 17.3. The highest BCUT2D eigenvalue weighted by Gasteiger charge is 2.34. The van der Waals surface area contributed by atoms with E-state index in [0.29, 0.717) is 0 Å². The van der Waals surface area contributed by atoms with Gasteiger partial charge in [0.25, 0.3) is 5.91 Å². The van der Waals surface area contributed by atoms with Crippen molar-refractivity contribution in [1.29, 1.82) is 0 Å². The molecule has 0 spiro atoms. The smallest absolute Gasteiger partial charge is 0.352 e. The van der Waals surface area contributed by atoms with E-state index in [-0.39, 0.29) is 12.6 Å². The molecule has 1 saturated heterocycles. The van der Waals surface area contributed by atoms with Gasteiger partial charge in [-0.1, -0.05) is 12.1 Å². The van der Waals surface area contributed by atoms with Crippen LogP contribution in [0.25, 0.3) is 0 Å². The number of hydrogen-bond donors (Lipinski definition) is 3. The molecule has 1 aromatic carbocycles. The summed E-state index contributed by atoms with van der Waals surface area (Å²) in [5, 5.41) is 8.14. The Morgan fingerprint density at radius 1 is 1.17 bits per heavy atom. The first-order valence-corrected chi connectivity index (χ1v) is 7.32. The summed E-state index contributed by atoms with van der Waals surface area (Å²) in [6.07, 6.45) is -3.04. The summed E-state index contributed by atoms with van der Waals surface area (Å²) < 4.78 is 38.6. The summed E-state index contributed by atoms with van der Waals surface area (Å²) in [4.78, 5) is 23.7. The van der Waals surface area contributed by atoms with E-state index in [1.54, 1.807) is 0 Å². The normalized spacial score (nSPS) is 16.0. The zero-order valence-corrected chi connectivity index (χ0v) is 12.4. The predicted octanol–water partition coefficient (Wildman–Crippen LogP) is 1.30. The lowest BCUT2D eigenvalue weighted by Crippen LogP contribution is -2.46. The third-order valence-corrected chi connectivity index (χ3v) is 3.59. The molecule has 0 unspecified atom stereocenters. The molecule has 5 nitrogen and oxygen atoms in total. The fraction of sp³-hybridized carbons (Fsp3) is 0.467. The fourth-order valence-electron chi connectivity index (χ4n) is 2.43. The molecule has 0 radical (unpaired) electrons. The van der Waals surface area contributed by atoms with Gasteiger partial charge in [0.2, 0.25) is 5.91 Å². The van der Waals surface area contributed by atoms with E-state index in [0.717, 1.165) is 38.1 Å². The molecule has 3 N–H and O–H groups in total. The summed E-state index contributed by atoms with van der Waals surface area (Å²) in [6.45, 7) is 1.25. The van der Waals surface area contributed by atoms with Crippen LogP contribution in [0.2, 0.25) is 0 Å². The number of carbonyl (C=O) groups is 2. The average molecular weight is 329 g/mol. The van der Waals surface area contributed by atoms with Crippen molar-refractivity contribution in [3.63, 3.8) is 0 Å². The van der Waals surface area contributed by atoms with Gasteiger partial charge in [-0.25, -0.2) is 0 Å². The van der Waals surface area contributed by atoms with Crippen molar-refractivity contribution in [2.75, 3.05) is 19.6 Å². The van der Waals surface area contributed by atoms with Crippen LogP contribution in [0.4, 0.5) is 13.2 Å². The van der Waals surface area contributed by atoms with E-state index in [2.05, 4.69) is 16.0 Å². The quantitative estimate of drug-likeness (QED) is 0.780. The number of amides is 2. The number of nitrogens with one attached hydrogen (secondary N) is 3. The van der Waals surface area contributed by atoms with Gasteiger partial charge in [0, 0.05) is 6.04 Å². The van der Waals surface area contributed by atoms with E-state index >= 15 is 0 Å². The molecule has 0 bridgehead atoms. The lowest BCUT2D eigenvalue weighted by Gasteiger charge is -2.23. The van der Waals surface area contributed by atoms with Gasteiger partial charge in [0.1, 0.15) is 0 Å². The van der Waals surface area contributed by atoms with Crippen LogP contribution in [-0.4, -0.2) is 37.5 Å².